The molecule has 0 fully saturated rings. The van der Waals surface area contributed by atoms with Crippen molar-refractivity contribution in [3.05, 3.63) is 168 Å². The highest BCUT2D eigenvalue weighted by Crippen LogP contribution is 2.30. The first-order valence-electron chi connectivity index (χ1n) is 13.6. The van der Waals surface area contributed by atoms with Crippen LogP contribution in [0.1, 0.15) is 34.7 Å². The van der Waals surface area contributed by atoms with Crippen LogP contribution in [0.25, 0.3) is 11.1 Å². The summed E-state index contributed by atoms with van der Waals surface area (Å²) in [5, 5.41) is 3.19. The second-order valence-electron chi connectivity index (χ2n) is 9.79. The van der Waals surface area contributed by atoms with Crippen molar-refractivity contribution in [2.24, 2.45) is 0 Å². The summed E-state index contributed by atoms with van der Waals surface area (Å²) in [4.78, 5) is 15.8. The van der Waals surface area contributed by atoms with Crippen LogP contribution in [-0.4, -0.2) is 10.9 Å². The monoisotopic (exact) mass is 510 g/mol. The van der Waals surface area contributed by atoms with Crippen molar-refractivity contribution in [3.8, 4) is 11.1 Å². The maximum absolute atomic E-state index is 13.9. The molecule has 2 amide bonds. The molecule has 0 saturated carbocycles. The van der Waals surface area contributed by atoms with Crippen molar-refractivity contribution in [2.45, 2.75) is 32.0 Å². The molecule has 0 aliphatic carbocycles. The SMILES string of the molecule is O=C(NCc1ccccc1)N(Cc1ccccc1)C(CCc1ccccc1)c1ccc(-c2ccccc2)cc1. The smallest absolute Gasteiger partial charge is 0.318 e. The molecule has 3 nitrogen and oxygen atoms in total. The molecule has 1 atom stereocenters. The molecule has 0 aromatic heterocycles. The van der Waals surface area contributed by atoms with Crippen molar-refractivity contribution in [2.75, 3.05) is 0 Å². The average Bonchev–Trinajstić information content (AvgIpc) is 3.01. The van der Waals surface area contributed by atoms with Gasteiger partial charge in [-0.15, -0.1) is 0 Å². The van der Waals surface area contributed by atoms with E-state index in [0.717, 1.165) is 29.5 Å². The van der Waals surface area contributed by atoms with Crippen LogP contribution in [0.2, 0.25) is 0 Å². The normalized spacial score (nSPS) is 11.5. The first-order chi connectivity index (χ1) is 19.3. The molecule has 194 valence electrons. The molecular weight excluding hydrogens is 476 g/mol. The predicted molar refractivity (Wildman–Crippen MR) is 160 cm³/mol. The lowest BCUT2D eigenvalue weighted by molar-refractivity contribution is 0.166. The van der Waals surface area contributed by atoms with E-state index < -0.39 is 0 Å². The summed E-state index contributed by atoms with van der Waals surface area (Å²) in [5.41, 5.74) is 6.96. The molecule has 0 saturated heterocycles. The molecule has 0 spiro atoms. The molecule has 1 unspecified atom stereocenters. The van der Waals surface area contributed by atoms with Crippen LogP contribution < -0.4 is 5.32 Å². The zero-order chi connectivity index (χ0) is 26.7. The van der Waals surface area contributed by atoms with E-state index >= 15 is 0 Å². The van der Waals surface area contributed by atoms with Crippen LogP contribution in [0.5, 0.6) is 0 Å². The van der Waals surface area contributed by atoms with Gasteiger partial charge in [-0.3, -0.25) is 0 Å². The van der Waals surface area contributed by atoms with E-state index in [9.17, 15) is 4.79 Å². The Morgan fingerprint density at radius 3 is 1.64 bits per heavy atom. The van der Waals surface area contributed by atoms with E-state index in [1.54, 1.807) is 0 Å². The number of benzene rings is 5. The molecule has 3 heteroatoms. The zero-order valence-electron chi connectivity index (χ0n) is 22.1. The molecule has 5 aromatic carbocycles. The molecule has 5 rings (SSSR count). The van der Waals surface area contributed by atoms with Crippen molar-refractivity contribution >= 4 is 6.03 Å². The first kappa shape index (κ1) is 26.0. The fourth-order valence-electron chi connectivity index (χ4n) is 4.96. The number of nitrogens with one attached hydrogen (secondary N) is 1. The summed E-state index contributed by atoms with van der Waals surface area (Å²) in [7, 11) is 0. The summed E-state index contributed by atoms with van der Waals surface area (Å²) in [5.74, 6) is 0. The van der Waals surface area contributed by atoms with E-state index in [1.807, 2.05) is 65.6 Å². The molecule has 0 heterocycles. The Hall–Kier alpha value is -4.63. The minimum Gasteiger partial charge on any atom is -0.334 e. The van der Waals surface area contributed by atoms with Crippen LogP contribution in [0.4, 0.5) is 4.79 Å². The highest BCUT2D eigenvalue weighted by molar-refractivity contribution is 5.75. The molecule has 1 N–H and O–H groups in total. The molecular formula is C36H34N2O. The molecule has 0 bridgehead atoms. The summed E-state index contributed by atoms with van der Waals surface area (Å²) >= 11 is 0. The Bertz CT molecular complexity index is 1420. The van der Waals surface area contributed by atoms with E-state index in [4.69, 9.17) is 0 Å². The number of aryl methyl sites for hydroxylation is 1. The van der Waals surface area contributed by atoms with Crippen LogP contribution in [-0.2, 0) is 19.5 Å². The molecule has 0 radical (unpaired) electrons. The van der Waals surface area contributed by atoms with Gasteiger partial charge in [0.2, 0.25) is 0 Å². The van der Waals surface area contributed by atoms with Gasteiger partial charge in [-0.25, -0.2) is 4.79 Å². The van der Waals surface area contributed by atoms with Crippen LogP contribution in [0.3, 0.4) is 0 Å². The number of carbonyl (C=O) groups is 1. The number of carbonyl (C=O) groups excluding carboxylic acids is 1. The fraction of sp³-hybridized carbons (Fsp3) is 0.139. The quantitative estimate of drug-likeness (QED) is 0.201. The average molecular weight is 511 g/mol. The van der Waals surface area contributed by atoms with Crippen LogP contribution >= 0.6 is 0 Å². The topological polar surface area (TPSA) is 32.3 Å². The third kappa shape index (κ3) is 7.24. The van der Waals surface area contributed by atoms with Gasteiger partial charge in [0.25, 0.3) is 0 Å². The van der Waals surface area contributed by atoms with Gasteiger partial charge < -0.3 is 10.2 Å². The van der Waals surface area contributed by atoms with Gasteiger partial charge in [-0.1, -0.05) is 146 Å². The summed E-state index contributed by atoms with van der Waals surface area (Å²) in [6.07, 6.45) is 1.70. The van der Waals surface area contributed by atoms with Gasteiger partial charge >= 0.3 is 6.03 Å². The number of amides is 2. The van der Waals surface area contributed by atoms with E-state index in [-0.39, 0.29) is 12.1 Å². The second kappa shape index (κ2) is 13.3. The van der Waals surface area contributed by atoms with Crippen molar-refractivity contribution in [1.82, 2.24) is 10.2 Å². The Balaban J connectivity index is 1.45. The van der Waals surface area contributed by atoms with Gasteiger partial charge in [-0.05, 0) is 46.2 Å². The maximum Gasteiger partial charge on any atom is 0.318 e. The first-order valence-corrected chi connectivity index (χ1v) is 13.6. The Morgan fingerprint density at radius 1 is 0.564 bits per heavy atom. The number of hydrogen-bond donors (Lipinski definition) is 1. The number of rotatable bonds is 10. The summed E-state index contributed by atoms with van der Waals surface area (Å²) in [6, 6.07) is 49.8. The number of hydrogen-bond acceptors (Lipinski definition) is 1. The maximum atomic E-state index is 13.9. The third-order valence-electron chi connectivity index (χ3n) is 7.07. The fourth-order valence-corrected chi connectivity index (χ4v) is 4.96. The van der Waals surface area contributed by atoms with Crippen LogP contribution in [0.15, 0.2) is 146 Å². The molecule has 0 aliphatic rings. The number of urea groups is 1. The highest BCUT2D eigenvalue weighted by Gasteiger charge is 2.25. The van der Waals surface area contributed by atoms with Gasteiger partial charge in [0.05, 0.1) is 6.04 Å². The van der Waals surface area contributed by atoms with Gasteiger partial charge in [0.1, 0.15) is 0 Å². The summed E-state index contributed by atoms with van der Waals surface area (Å²) < 4.78 is 0. The lowest BCUT2D eigenvalue weighted by atomic mass is 9.95. The van der Waals surface area contributed by atoms with E-state index in [0.29, 0.717) is 13.1 Å². The van der Waals surface area contributed by atoms with Gasteiger partial charge in [0, 0.05) is 13.1 Å². The van der Waals surface area contributed by atoms with Crippen molar-refractivity contribution in [3.63, 3.8) is 0 Å². The lowest BCUT2D eigenvalue weighted by Crippen LogP contribution is -2.41. The molecule has 0 aliphatic heterocycles. The standard InChI is InChI=1S/C36H34N2O/c39-36(37-27-30-15-7-2-8-16-30)38(28-31-17-9-3-10-18-31)35(26-21-29-13-5-1-6-14-29)34-24-22-33(23-25-34)32-19-11-4-12-20-32/h1-20,22-25,35H,21,26-28H2,(H,37,39). The Labute approximate surface area is 231 Å². The van der Waals surface area contributed by atoms with E-state index in [1.165, 1.54) is 16.7 Å². The molecule has 39 heavy (non-hydrogen) atoms. The Morgan fingerprint density at radius 2 is 1.05 bits per heavy atom. The zero-order valence-corrected chi connectivity index (χ0v) is 22.1. The third-order valence-corrected chi connectivity index (χ3v) is 7.07. The van der Waals surface area contributed by atoms with Crippen LogP contribution in [0, 0.1) is 0 Å². The minimum atomic E-state index is -0.0917. The lowest BCUT2D eigenvalue weighted by Gasteiger charge is -2.33. The molecule has 5 aromatic rings. The minimum absolute atomic E-state index is 0.0621. The van der Waals surface area contributed by atoms with Gasteiger partial charge in [0.15, 0.2) is 0 Å². The Kier molecular flexibility index (Phi) is 8.83. The highest BCUT2D eigenvalue weighted by atomic mass is 16.2. The van der Waals surface area contributed by atoms with E-state index in [2.05, 4.69) is 90.2 Å². The predicted octanol–water partition coefficient (Wildman–Crippen LogP) is 8.44. The number of nitrogens with zero attached hydrogens (tertiary/aromatic N) is 1. The second-order valence-corrected chi connectivity index (χ2v) is 9.79. The van der Waals surface area contributed by atoms with Crippen molar-refractivity contribution in [1.29, 1.82) is 0 Å². The van der Waals surface area contributed by atoms with Crippen molar-refractivity contribution < 1.29 is 4.79 Å². The van der Waals surface area contributed by atoms with Gasteiger partial charge in [-0.2, -0.15) is 0 Å². The largest absolute Gasteiger partial charge is 0.334 e. The summed E-state index contributed by atoms with van der Waals surface area (Å²) in [6.45, 7) is 1.02.